The molecule has 216 valence electrons. The maximum atomic E-state index is 12.3. The van der Waals surface area contributed by atoms with E-state index in [1.165, 1.54) is 6.42 Å². The van der Waals surface area contributed by atoms with E-state index in [0.717, 1.165) is 44.9 Å². The average Bonchev–Trinajstić information content (AvgIpc) is 2.82. The van der Waals surface area contributed by atoms with E-state index in [-0.39, 0.29) is 26.1 Å². The first kappa shape index (κ1) is 35.5. The van der Waals surface area contributed by atoms with Crippen molar-refractivity contribution in [3.63, 3.8) is 0 Å². The van der Waals surface area contributed by atoms with Crippen LogP contribution >= 0.6 is 7.82 Å². The van der Waals surface area contributed by atoms with Crippen LogP contribution < -0.4 is 0 Å². The standard InChI is InChI=1S/C27H50NO8P/c1-6-8-9-10-11-12-13-14-15-16-17-18-19-20-27(30)36-25(23-33-26(29)7-2)24-35-37(31,32)34-22-21-28(3,4)5/h9-10,12-13,25H,6-8,11,14-24H2,1-5H3/p+1/b10-9-,13-12-. The van der Waals surface area contributed by atoms with Crippen LogP contribution in [0.4, 0.5) is 0 Å². The van der Waals surface area contributed by atoms with E-state index in [1.54, 1.807) is 6.92 Å². The number of phosphoric acid groups is 1. The van der Waals surface area contributed by atoms with E-state index in [1.807, 2.05) is 21.1 Å². The van der Waals surface area contributed by atoms with Crippen molar-refractivity contribution < 1.29 is 42.1 Å². The van der Waals surface area contributed by atoms with Crippen LogP contribution in [0.2, 0.25) is 0 Å². The fourth-order valence-electron chi connectivity index (χ4n) is 3.03. The molecule has 1 N–H and O–H groups in total. The number of quaternary nitrogens is 1. The van der Waals surface area contributed by atoms with Gasteiger partial charge in [-0.3, -0.25) is 18.6 Å². The second-order valence-electron chi connectivity index (χ2n) is 10.0. The summed E-state index contributed by atoms with van der Waals surface area (Å²) >= 11 is 0. The van der Waals surface area contributed by atoms with Gasteiger partial charge in [-0.1, -0.05) is 63.8 Å². The number of likely N-dealkylation sites (N-methyl/N-ethyl adjacent to an activating group) is 1. The van der Waals surface area contributed by atoms with Crippen LogP contribution in [0.5, 0.6) is 0 Å². The van der Waals surface area contributed by atoms with Gasteiger partial charge in [0.1, 0.15) is 19.8 Å². The second kappa shape index (κ2) is 21.4. The van der Waals surface area contributed by atoms with Crippen LogP contribution in [-0.4, -0.2) is 74.9 Å². The number of allylic oxidation sites excluding steroid dienone is 4. The third-order valence-electron chi connectivity index (χ3n) is 5.27. The topological polar surface area (TPSA) is 108 Å². The Morgan fingerprint density at radius 1 is 0.865 bits per heavy atom. The number of nitrogens with zero attached hydrogens (tertiary/aromatic N) is 1. The highest BCUT2D eigenvalue weighted by molar-refractivity contribution is 7.47. The maximum Gasteiger partial charge on any atom is 0.472 e. The predicted molar refractivity (Wildman–Crippen MR) is 146 cm³/mol. The van der Waals surface area contributed by atoms with Crippen LogP contribution in [-0.2, 0) is 32.7 Å². The number of hydrogen-bond acceptors (Lipinski definition) is 7. The van der Waals surface area contributed by atoms with Gasteiger partial charge in [0.2, 0.25) is 0 Å². The number of unbranched alkanes of at least 4 members (excludes halogenated alkanes) is 6. The van der Waals surface area contributed by atoms with Crippen molar-refractivity contribution in [2.75, 3.05) is 47.5 Å². The lowest BCUT2D eigenvalue weighted by Gasteiger charge is -2.24. The monoisotopic (exact) mass is 548 g/mol. The molecule has 9 nitrogen and oxygen atoms in total. The minimum atomic E-state index is -4.33. The first-order valence-electron chi connectivity index (χ1n) is 13.6. The molecule has 0 aliphatic carbocycles. The number of phosphoric ester groups is 1. The van der Waals surface area contributed by atoms with Crippen LogP contribution in [0, 0.1) is 0 Å². The highest BCUT2D eigenvalue weighted by atomic mass is 31.2. The molecule has 2 atom stereocenters. The van der Waals surface area contributed by atoms with Crippen LogP contribution in [0.3, 0.4) is 0 Å². The largest absolute Gasteiger partial charge is 0.472 e. The summed E-state index contributed by atoms with van der Waals surface area (Å²) in [5.41, 5.74) is 0. The summed E-state index contributed by atoms with van der Waals surface area (Å²) in [5, 5.41) is 0. The molecule has 10 heteroatoms. The molecule has 0 amide bonds. The smallest absolute Gasteiger partial charge is 0.462 e. The Kier molecular flexibility index (Phi) is 20.6. The summed E-state index contributed by atoms with van der Waals surface area (Å²) in [5.74, 6) is -0.922. The Hall–Kier alpha value is -1.51. The molecule has 0 spiro atoms. The highest BCUT2D eigenvalue weighted by Gasteiger charge is 2.26. The summed E-state index contributed by atoms with van der Waals surface area (Å²) in [6.07, 6.45) is 17.5. The molecule has 0 saturated carbocycles. The highest BCUT2D eigenvalue weighted by Crippen LogP contribution is 2.43. The molecule has 0 rings (SSSR count). The quantitative estimate of drug-likeness (QED) is 0.0567. The summed E-state index contributed by atoms with van der Waals surface area (Å²) in [7, 11) is 1.45. The number of ether oxygens (including phenoxy) is 2. The third kappa shape index (κ3) is 24.6. The van der Waals surface area contributed by atoms with Gasteiger partial charge >= 0.3 is 19.8 Å². The fraction of sp³-hybridized carbons (Fsp3) is 0.778. The molecule has 0 aliphatic heterocycles. The Morgan fingerprint density at radius 3 is 2.16 bits per heavy atom. The first-order chi connectivity index (χ1) is 17.5. The predicted octanol–water partition coefficient (Wildman–Crippen LogP) is 5.72. The lowest BCUT2D eigenvalue weighted by molar-refractivity contribution is -0.870. The normalized spacial score (nSPS) is 14.6. The zero-order valence-electron chi connectivity index (χ0n) is 23.7. The molecule has 0 aromatic rings. The minimum absolute atomic E-state index is 0.0270. The van der Waals surface area contributed by atoms with E-state index in [0.29, 0.717) is 17.4 Å². The lowest BCUT2D eigenvalue weighted by Crippen LogP contribution is -2.37. The van der Waals surface area contributed by atoms with E-state index < -0.39 is 32.5 Å². The third-order valence-corrected chi connectivity index (χ3v) is 6.25. The Balaban J connectivity index is 4.27. The maximum absolute atomic E-state index is 12.3. The number of rotatable bonds is 23. The first-order valence-corrected chi connectivity index (χ1v) is 15.1. The van der Waals surface area contributed by atoms with Crippen molar-refractivity contribution in [3.8, 4) is 0 Å². The summed E-state index contributed by atoms with van der Waals surface area (Å²) < 4.78 is 33.1. The van der Waals surface area contributed by atoms with Crippen molar-refractivity contribution in [1.29, 1.82) is 0 Å². The van der Waals surface area contributed by atoms with E-state index in [2.05, 4.69) is 31.2 Å². The zero-order chi connectivity index (χ0) is 28.0. The van der Waals surface area contributed by atoms with Crippen molar-refractivity contribution in [1.82, 2.24) is 0 Å². The van der Waals surface area contributed by atoms with Crippen molar-refractivity contribution in [3.05, 3.63) is 24.3 Å². The molecule has 0 aliphatic rings. The average molecular weight is 549 g/mol. The summed E-state index contributed by atoms with van der Waals surface area (Å²) in [6.45, 7) is 3.69. The molecule has 0 aromatic heterocycles. The van der Waals surface area contributed by atoms with Crippen LogP contribution in [0.1, 0.15) is 84.5 Å². The number of esters is 2. The lowest BCUT2D eigenvalue weighted by atomic mass is 10.1. The number of hydrogen-bond donors (Lipinski definition) is 1. The van der Waals surface area contributed by atoms with Gasteiger partial charge in [0, 0.05) is 12.8 Å². The van der Waals surface area contributed by atoms with Gasteiger partial charge in [0.05, 0.1) is 27.7 Å². The van der Waals surface area contributed by atoms with Gasteiger partial charge in [-0.25, -0.2) is 4.57 Å². The van der Waals surface area contributed by atoms with Gasteiger partial charge in [0.15, 0.2) is 6.10 Å². The molecule has 2 unspecified atom stereocenters. The van der Waals surface area contributed by atoms with Crippen molar-refractivity contribution in [2.24, 2.45) is 0 Å². The Labute approximate surface area is 224 Å². The van der Waals surface area contributed by atoms with Crippen LogP contribution in [0.15, 0.2) is 24.3 Å². The van der Waals surface area contributed by atoms with E-state index in [4.69, 9.17) is 18.5 Å². The Morgan fingerprint density at radius 2 is 1.51 bits per heavy atom. The molecule has 0 fully saturated rings. The van der Waals surface area contributed by atoms with Gasteiger partial charge in [0.25, 0.3) is 0 Å². The molecule has 37 heavy (non-hydrogen) atoms. The van der Waals surface area contributed by atoms with Gasteiger partial charge < -0.3 is 18.9 Å². The molecular formula is C27H51NO8P+. The van der Waals surface area contributed by atoms with Gasteiger partial charge in [-0.15, -0.1) is 0 Å². The zero-order valence-corrected chi connectivity index (χ0v) is 24.6. The molecule has 0 heterocycles. The Bertz CT molecular complexity index is 718. The van der Waals surface area contributed by atoms with E-state index >= 15 is 0 Å². The van der Waals surface area contributed by atoms with E-state index in [9.17, 15) is 19.0 Å². The fourth-order valence-corrected chi connectivity index (χ4v) is 3.77. The molecule has 0 bridgehead atoms. The number of carbonyl (C=O) groups excluding carboxylic acids is 2. The van der Waals surface area contributed by atoms with Gasteiger partial charge in [-0.05, 0) is 32.1 Å². The summed E-state index contributed by atoms with van der Waals surface area (Å²) in [4.78, 5) is 33.7. The van der Waals surface area contributed by atoms with Gasteiger partial charge in [-0.2, -0.15) is 0 Å². The number of carbonyl (C=O) groups is 2. The summed E-state index contributed by atoms with van der Waals surface area (Å²) in [6, 6.07) is 0. The SMILES string of the molecule is CCC/C=C\C/C=C\CCCCCCCC(=O)OC(COC(=O)CC)COP(=O)(O)OCC[N+](C)(C)C. The molecule has 0 aromatic carbocycles. The molecule has 0 radical (unpaired) electrons. The molecular weight excluding hydrogens is 497 g/mol. The van der Waals surface area contributed by atoms with Crippen LogP contribution in [0.25, 0.3) is 0 Å². The van der Waals surface area contributed by atoms with Crippen molar-refractivity contribution >= 4 is 19.8 Å². The second-order valence-corrected chi connectivity index (χ2v) is 11.5. The minimum Gasteiger partial charge on any atom is -0.462 e. The molecule has 0 saturated heterocycles. The van der Waals surface area contributed by atoms with Crippen molar-refractivity contribution in [2.45, 2.75) is 90.6 Å².